The van der Waals surface area contributed by atoms with Gasteiger partial charge in [0.2, 0.25) is 5.91 Å². The number of hydrogen-bond donors (Lipinski definition) is 2. The molecule has 106 valence electrons. The molecule has 0 aliphatic rings. The van der Waals surface area contributed by atoms with Crippen molar-refractivity contribution < 1.29 is 4.79 Å². The molecule has 0 radical (unpaired) electrons. The fourth-order valence-corrected chi connectivity index (χ4v) is 2.28. The van der Waals surface area contributed by atoms with Gasteiger partial charge in [-0.1, -0.05) is 50.6 Å². The van der Waals surface area contributed by atoms with E-state index in [2.05, 4.69) is 26.1 Å². The van der Waals surface area contributed by atoms with Gasteiger partial charge >= 0.3 is 0 Å². The Hall–Kier alpha value is -1.35. The summed E-state index contributed by atoms with van der Waals surface area (Å²) >= 11 is 0. The van der Waals surface area contributed by atoms with Crippen molar-refractivity contribution in [1.82, 2.24) is 5.32 Å². The number of hydrogen-bond acceptors (Lipinski definition) is 2. The van der Waals surface area contributed by atoms with Crippen LogP contribution in [0.15, 0.2) is 24.3 Å². The van der Waals surface area contributed by atoms with Gasteiger partial charge in [0, 0.05) is 5.54 Å². The average Bonchev–Trinajstić information content (AvgIpc) is 2.45. The molecular weight excluding hydrogens is 236 g/mol. The maximum atomic E-state index is 12.3. The molecular formula is C16H26N2O. The number of nitrogens with two attached hydrogens (primary N) is 1. The predicted molar refractivity (Wildman–Crippen MR) is 79.9 cm³/mol. The number of amides is 1. The first kappa shape index (κ1) is 15.7. The lowest BCUT2D eigenvalue weighted by molar-refractivity contribution is -0.124. The van der Waals surface area contributed by atoms with Crippen molar-refractivity contribution in [2.75, 3.05) is 0 Å². The van der Waals surface area contributed by atoms with Gasteiger partial charge in [-0.3, -0.25) is 4.79 Å². The van der Waals surface area contributed by atoms with E-state index in [1.54, 1.807) is 0 Å². The van der Waals surface area contributed by atoms with Crippen molar-refractivity contribution in [3.8, 4) is 0 Å². The summed E-state index contributed by atoms with van der Waals surface area (Å²) < 4.78 is 0. The summed E-state index contributed by atoms with van der Waals surface area (Å²) in [5.41, 5.74) is 7.95. The first-order valence-electron chi connectivity index (χ1n) is 7.12. The van der Waals surface area contributed by atoms with E-state index in [-0.39, 0.29) is 11.4 Å². The molecule has 0 fully saturated rings. The molecule has 1 aromatic rings. The van der Waals surface area contributed by atoms with Crippen molar-refractivity contribution in [3.63, 3.8) is 0 Å². The second-order valence-corrected chi connectivity index (χ2v) is 5.22. The molecule has 1 amide bonds. The molecule has 0 aliphatic heterocycles. The Morgan fingerprint density at radius 1 is 1.16 bits per heavy atom. The summed E-state index contributed by atoms with van der Waals surface area (Å²) in [6.45, 7) is 8.33. The minimum Gasteiger partial charge on any atom is -0.349 e. The summed E-state index contributed by atoms with van der Waals surface area (Å²) in [7, 11) is 0. The van der Waals surface area contributed by atoms with Crippen LogP contribution in [-0.4, -0.2) is 11.4 Å². The van der Waals surface area contributed by atoms with Crippen LogP contribution in [0.1, 0.15) is 57.2 Å². The van der Waals surface area contributed by atoms with Crippen molar-refractivity contribution in [2.45, 2.75) is 58.5 Å². The molecule has 1 rings (SSSR count). The van der Waals surface area contributed by atoms with E-state index in [1.165, 1.54) is 5.56 Å². The summed E-state index contributed by atoms with van der Waals surface area (Å²) in [5.74, 6) is -0.0885. The van der Waals surface area contributed by atoms with E-state index in [0.29, 0.717) is 0 Å². The lowest BCUT2D eigenvalue weighted by Gasteiger charge is -2.33. The van der Waals surface area contributed by atoms with Gasteiger partial charge in [-0.05, 0) is 31.7 Å². The van der Waals surface area contributed by atoms with Gasteiger partial charge in [-0.15, -0.1) is 0 Å². The normalized spacial score (nSPS) is 13.1. The Labute approximate surface area is 116 Å². The maximum absolute atomic E-state index is 12.3. The Morgan fingerprint density at radius 3 is 2.05 bits per heavy atom. The van der Waals surface area contributed by atoms with Gasteiger partial charge in [0.25, 0.3) is 0 Å². The third-order valence-electron chi connectivity index (χ3n) is 4.14. The van der Waals surface area contributed by atoms with E-state index >= 15 is 0 Å². The minimum absolute atomic E-state index is 0.0885. The highest BCUT2D eigenvalue weighted by Gasteiger charge is 2.28. The smallest absolute Gasteiger partial charge is 0.241 e. The molecule has 3 N–H and O–H groups in total. The standard InChI is InChI=1S/C16H26N2O/c1-5-16(6-2,7-3)18-15(19)14(17)13-10-8-12(4)9-11-13/h8-11,14H,5-7,17H2,1-4H3,(H,18,19). The van der Waals surface area contributed by atoms with Gasteiger partial charge in [-0.25, -0.2) is 0 Å². The highest BCUT2D eigenvalue weighted by atomic mass is 16.2. The van der Waals surface area contributed by atoms with Crippen LogP contribution >= 0.6 is 0 Å². The number of carbonyl (C=O) groups is 1. The van der Waals surface area contributed by atoms with Crippen molar-refractivity contribution in [1.29, 1.82) is 0 Å². The third kappa shape index (κ3) is 3.80. The number of aryl methyl sites for hydroxylation is 1. The molecule has 0 saturated carbocycles. The van der Waals surface area contributed by atoms with Crippen LogP contribution in [0.4, 0.5) is 0 Å². The van der Waals surface area contributed by atoms with Crippen LogP contribution in [0.25, 0.3) is 0 Å². The van der Waals surface area contributed by atoms with Gasteiger partial charge < -0.3 is 11.1 Å². The molecule has 3 heteroatoms. The van der Waals surface area contributed by atoms with E-state index < -0.39 is 6.04 Å². The molecule has 0 bridgehead atoms. The number of carbonyl (C=O) groups excluding carboxylic acids is 1. The quantitative estimate of drug-likeness (QED) is 0.827. The Bertz CT molecular complexity index is 399. The fraction of sp³-hybridized carbons (Fsp3) is 0.562. The van der Waals surface area contributed by atoms with Crippen LogP contribution < -0.4 is 11.1 Å². The SMILES string of the molecule is CCC(CC)(CC)NC(=O)C(N)c1ccc(C)cc1. The zero-order valence-electron chi connectivity index (χ0n) is 12.5. The molecule has 19 heavy (non-hydrogen) atoms. The first-order valence-corrected chi connectivity index (χ1v) is 7.12. The second-order valence-electron chi connectivity index (χ2n) is 5.22. The molecule has 0 spiro atoms. The van der Waals surface area contributed by atoms with Crippen LogP contribution in [0.5, 0.6) is 0 Å². The molecule has 3 nitrogen and oxygen atoms in total. The monoisotopic (exact) mass is 262 g/mol. The van der Waals surface area contributed by atoms with Gasteiger partial charge in [0.15, 0.2) is 0 Å². The van der Waals surface area contributed by atoms with Crippen LogP contribution in [-0.2, 0) is 4.79 Å². The Morgan fingerprint density at radius 2 is 1.63 bits per heavy atom. The lowest BCUT2D eigenvalue weighted by atomic mass is 9.89. The Balaban J connectivity index is 2.80. The summed E-state index contributed by atoms with van der Waals surface area (Å²) in [6.07, 6.45) is 2.77. The van der Waals surface area contributed by atoms with Gasteiger partial charge in [-0.2, -0.15) is 0 Å². The molecule has 1 aromatic carbocycles. The molecule has 0 saturated heterocycles. The fourth-order valence-electron chi connectivity index (χ4n) is 2.28. The number of nitrogens with one attached hydrogen (secondary N) is 1. The topological polar surface area (TPSA) is 55.1 Å². The first-order chi connectivity index (χ1) is 8.98. The molecule has 1 unspecified atom stereocenters. The van der Waals surface area contributed by atoms with Crippen molar-refractivity contribution >= 4 is 5.91 Å². The van der Waals surface area contributed by atoms with E-state index in [1.807, 2.05) is 31.2 Å². The lowest BCUT2D eigenvalue weighted by Crippen LogP contribution is -2.50. The number of rotatable bonds is 6. The van der Waals surface area contributed by atoms with E-state index in [9.17, 15) is 4.79 Å². The summed E-state index contributed by atoms with van der Waals surface area (Å²) in [6, 6.07) is 7.21. The summed E-state index contributed by atoms with van der Waals surface area (Å²) in [5, 5.41) is 3.13. The van der Waals surface area contributed by atoms with Crippen LogP contribution in [0.2, 0.25) is 0 Å². The highest BCUT2D eigenvalue weighted by molar-refractivity contribution is 5.83. The molecule has 0 heterocycles. The zero-order chi connectivity index (χ0) is 14.5. The largest absolute Gasteiger partial charge is 0.349 e. The van der Waals surface area contributed by atoms with Crippen LogP contribution in [0, 0.1) is 6.92 Å². The third-order valence-corrected chi connectivity index (χ3v) is 4.14. The van der Waals surface area contributed by atoms with Crippen molar-refractivity contribution in [2.24, 2.45) is 5.73 Å². The highest BCUT2D eigenvalue weighted by Crippen LogP contribution is 2.21. The average molecular weight is 262 g/mol. The maximum Gasteiger partial charge on any atom is 0.241 e. The van der Waals surface area contributed by atoms with E-state index in [0.717, 1.165) is 24.8 Å². The Kier molecular flexibility index (Phi) is 5.55. The molecule has 0 aromatic heterocycles. The molecule has 1 atom stereocenters. The minimum atomic E-state index is -0.593. The van der Waals surface area contributed by atoms with Crippen LogP contribution in [0.3, 0.4) is 0 Å². The number of benzene rings is 1. The molecule has 0 aliphatic carbocycles. The zero-order valence-corrected chi connectivity index (χ0v) is 12.5. The van der Waals surface area contributed by atoms with E-state index in [4.69, 9.17) is 5.73 Å². The van der Waals surface area contributed by atoms with Gasteiger partial charge in [0.1, 0.15) is 6.04 Å². The second kappa shape index (κ2) is 6.71. The van der Waals surface area contributed by atoms with Gasteiger partial charge in [0.05, 0.1) is 0 Å². The summed E-state index contributed by atoms with van der Waals surface area (Å²) in [4.78, 5) is 12.3. The van der Waals surface area contributed by atoms with Crippen molar-refractivity contribution in [3.05, 3.63) is 35.4 Å². The predicted octanol–water partition coefficient (Wildman–Crippen LogP) is 3.08.